The number of anilines is 2. The van der Waals surface area contributed by atoms with E-state index in [0.29, 0.717) is 37.7 Å². The maximum atomic E-state index is 12.0. The summed E-state index contributed by atoms with van der Waals surface area (Å²) in [5, 5.41) is 0. The van der Waals surface area contributed by atoms with E-state index in [4.69, 9.17) is 9.47 Å². The molecule has 0 saturated carbocycles. The number of hydrogen-bond donors (Lipinski definition) is 2. The minimum atomic E-state index is -0.429. The van der Waals surface area contributed by atoms with Crippen molar-refractivity contribution in [3.63, 3.8) is 0 Å². The third-order valence-electron chi connectivity index (χ3n) is 3.65. The molecule has 0 radical (unpaired) electrons. The van der Waals surface area contributed by atoms with Crippen LogP contribution in [0.15, 0.2) is 36.1 Å². The predicted molar refractivity (Wildman–Crippen MR) is 88.5 cm³/mol. The van der Waals surface area contributed by atoms with Crippen LogP contribution in [0.2, 0.25) is 0 Å². The standard InChI is InChI=1S/C15H17N3O4S/c19-14-10-21-8-7-17(14)11-1-3-12(4-2-11)18-6-5-13(9-16-23)22-15(18)20/h1-5,16,23H,6-10H2. The minimum absolute atomic E-state index is 0.0618. The highest BCUT2D eigenvalue weighted by Crippen LogP contribution is 2.24. The molecule has 0 aromatic heterocycles. The molecule has 23 heavy (non-hydrogen) atoms. The van der Waals surface area contributed by atoms with E-state index in [1.165, 1.54) is 4.90 Å². The van der Waals surface area contributed by atoms with Crippen molar-refractivity contribution in [1.82, 2.24) is 4.72 Å². The zero-order chi connectivity index (χ0) is 16.2. The highest BCUT2D eigenvalue weighted by atomic mass is 32.1. The molecule has 122 valence electrons. The molecular formula is C15H17N3O4S. The van der Waals surface area contributed by atoms with Gasteiger partial charge in [0.15, 0.2) is 0 Å². The Labute approximate surface area is 139 Å². The Morgan fingerprint density at radius 1 is 1.13 bits per heavy atom. The number of morpholine rings is 1. The first kappa shape index (κ1) is 15.9. The Hall–Kier alpha value is -2.03. The van der Waals surface area contributed by atoms with Gasteiger partial charge in [-0.3, -0.25) is 14.4 Å². The van der Waals surface area contributed by atoms with Crippen LogP contribution in [0, 0.1) is 0 Å². The van der Waals surface area contributed by atoms with E-state index in [1.54, 1.807) is 17.0 Å². The lowest BCUT2D eigenvalue weighted by Gasteiger charge is -2.28. The fourth-order valence-electron chi connectivity index (χ4n) is 2.48. The van der Waals surface area contributed by atoms with E-state index >= 15 is 0 Å². The summed E-state index contributed by atoms with van der Waals surface area (Å²) in [4.78, 5) is 27.1. The monoisotopic (exact) mass is 335 g/mol. The quantitative estimate of drug-likeness (QED) is 0.812. The third-order valence-corrected chi connectivity index (χ3v) is 3.81. The Kier molecular flexibility index (Phi) is 4.85. The molecule has 1 fully saturated rings. The molecular weight excluding hydrogens is 318 g/mol. The first-order valence-corrected chi connectivity index (χ1v) is 7.67. The number of benzene rings is 1. The van der Waals surface area contributed by atoms with Crippen LogP contribution in [0.1, 0.15) is 0 Å². The zero-order valence-electron chi connectivity index (χ0n) is 12.4. The summed E-state index contributed by atoms with van der Waals surface area (Å²) in [6.45, 7) is 1.98. The van der Waals surface area contributed by atoms with Crippen LogP contribution >= 0.6 is 12.8 Å². The molecule has 0 bridgehead atoms. The van der Waals surface area contributed by atoms with Crippen molar-refractivity contribution in [2.45, 2.75) is 0 Å². The second kappa shape index (κ2) is 7.03. The molecule has 2 aliphatic rings. The topological polar surface area (TPSA) is 71.1 Å². The van der Waals surface area contributed by atoms with Crippen LogP contribution in [0.25, 0.3) is 0 Å². The third kappa shape index (κ3) is 3.49. The molecule has 8 heteroatoms. The number of carbonyl (C=O) groups excluding carboxylic acids is 2. The average Bonchev–Trinajstić information content (AvgIpc) is 2.56. The smallest absolute Gasteiger partial charge is 0.413 e. The first-order valence-electron chi connectivity index (χ1n) is 7.22. The van der Waals surface area contributed by atoms with E-state index in [0.717, 1.165) is 5.69 Å². The first-order chi connectivity index (χ1) is 11.2. The van der Waals surface area contributed by atoms with Gasteiger partial charge in [0, 0.05) is 17.9 Å². The fourth-order valence-corrected chi connectivity index (χ4v) is 2.63. The van der Waals surface area contributed by atoms with Crippen molar-refractivity contribution in [3.05, 3.63) is 36.1 Å². The summed E-state index contributed by atoms with van der Waals surface area (Å²) in [7, 11) is 0. The van der Waals surface area contributed by atoms with Gasteiger partial charge in [-0.15, -0.1) is 0 Å². The molecule has 7 nitrogen and oxygen atoms in total. The maximum Gasteiger partial charge on any atom is 0.419 e. The molecule has 1 aromatic rings. The molecule has 1 N–H and O–H groups in total. The maximum absolute atomic E-state index is 12.0. The molecule has 1 aromatic carbocycles. The number of cyclic esters (lactones) is 1. The number of carbonyl (C=O) groups is 2. The van der Waals surface area contributed by atoms with Gasteiger partial charge in [-0.25, -0.2) is 4.79 Å². The van der Waals surface area contributed by atoms with Crippen molar-refractivity contribution in [2.24, 2.45) is 0 Å². The fraction of sp³-hybridized carbons (Fsp3) is 0.333. The van der Waals surface area contributed by atoms with Crippen molar-refractivity contribution in [2.75, 3.05) is 42.6 Å². The molecule has 3 rings (SSSR count). The van der Waals surface area contributed by atoms with Crippen molar-refractivity contribution in [3.8, 4) is 0 Å². The highest BCUT2D eigenvalue weighted by molar-refractivity contribution is 7.78. The Morgan fingerprint density at radius 2 is 1.83 bits per heavy atom. The molecule has 0 atom stereocenters. The van der Waals surface area contributed by atoms with Gasteiger partial charge in [0.05, 0.1) is 19.7 Å². The predicted octanol–water partition coefficient (Wildman–Crippen LogP) is 1.32. The number of nitrogens with zero attached hydrogens (tertiary/aromatic N) is 2. The van der Waals surface area contributed by atoms with E-state index < -0.39 is 6.09 Å². The molecule has 2 amide bonds. The number of nitrogens with one attached hydrogen (secondary N) is 1. The number of rotatable bonds is 4. The van der Waals surface area contributed by atoms with E-state index in [2.05, 4.69) is 17.5 Å². The Bertz CT molecular complexity index is 632. The lowest BCUT2D eigenvalue weighted by atomic mass is 10.2. The van der Waals surface area contributed by atoms with E-state index in [-0.39, 0.29) is 12.5 Å². The van der Waals surface area contributed by atoms with Crippen LogP contribution in [0.3, 0.4) is 0 Å². The van der Waals surface area contributed by atoms with Crippen LogP contribution in [-0.4, -0.2) is 44.8 Å². The van der Waals surface area contributed by atoms with Gasteiger partial charge in [0.25, 0.3) is 5.91 Å². The number of ether oxygens (including phenoxy) is 2. The van der Waals surface area contributed by atoms with Gasteiger partial charge >= 0.3 is 6.09 Å². The Morgan fingerprint density at radius 3 is 2.43 bits per heavy atom. The molecule has 2 heterocycles. The van der Waals surface area contributed by atoms with Crippen molar-refractivity contribution >= 4 is 36.2 Å². The molecule has 2 aliphatic heterocycles. The van der Waals surface area contributed by atoms with E-state index in [1.807, 2.05) is 18.2 Å². The zero-order valence-corrected chi connectivity index (χ0v) is 13.3. The van der Waals surface area contributed by atoms with Crippen LogP contribution in [0.4, 0.5) is 16.2 Å². The molecule has 0 aliphatic carbocycles. The molecule has 1 saturated heterocycles. The van der Waals surface area contributed by atoms with Gasteiger partial charge in [0.2, 0.25) is 0 Å². The van der Waals surface area contributed by atoms with E-state index in [9.17, 15) is 9.59 Å². The number of hydrogen-bond acceptors (Lipinski definition) is 6. The van der Waals surface area contributed by atoms with Gasteiger partial charge in [-0.2, -0.15) is 0 Å². The average molecular weight is 335 g/mol. The summed E-state index contributed by atoms with van der Waals surface area (Å²) in [6, 6.07) is 7.24. The largest absolute Gasteiger partial charge is 0.419 e. The summed E-state index contributed by atoms with van der Waals surface area (Å²) in [5.74, 6) is 0.491. The van der Waals surface area contributed by atoms with Gasteiger partial charge in [-0.05, 0) is 30.3 Å². The van der Waals surface area contributed by atoms with Gasteiger partial charge < -0.3 is 14.4 Å². The SMILES string of the molecule is O=C1COCCN1c1ccc(N2CC=C(CNS)OC2=O)cc1. The Balaban J connectivity index is 1.72. The highest BCUT2D eigenvalue weighted by Gasteiger charge is 2.24. The lowest BCUT2D eigenvalue weighted by molar-refractivity contribution is -0.125. The minimum Gasteiger partial charge on any atom is -0.413 e. The summed E-state index contributed by atoms with van der Waals surface area (Å²) in [5.41, 5.74) is 1.51. The van der Waals surface area contributed by atoms with Crippen LogP contribution < -0.4 is 14.5 Å². The summed E-state index contributed by atoms with van der Waals surface area (Å²) in [6.07, 6.45) is 1.39. The molecule has 0 spiro atoms. The van der Waals surface area contributed by atoms with Crippen molar-refractivity contribution in [1.29, 1.82) is 0 Å². The normalized spacial score (nSPS) is 18.7. The molecule has 0 unspecified atom stereocenters. The summed E-state index contributed by atoms with van der Waals surface area (Å²) < 4.78 is 13.0. The lowest BCUT2D eigenvalue weighted by Crippen LogP contribution is -2.41. The second-order valence-electron chi connectivity index (χ2n) is 5.10. The number of amides is 2. The van der Waals surface area contributed by atoms with Gasteiger partial charge in [0.1, 0.15) is 12.4 Å². The second-order valence-corrected chi connectivity index (χ2v) is 5.41. The van der Waals surface area contributed by atoms with Gasteiger partial charge in [-0.1, -0.05) is 12.8 Å². The summed E-state index contributed by atoms with van der Waals surface area (Å²) >= 11 is 3.88. The van der Waals surface area contributed by atoms with Crippen molar-refractivity contribution < 1.29 is 19.1 Å². The number of thiol groups is 1. The van der Waals surface area contributed by atoms with Crippen LogP contribution in [0.5, 0.6) is 0 Å². The van der Waals surface area contributed by atoms with Crippen LogP contribution in [-0.2, 0) is 14.3 Å².